The number of amides is 1. The molecule has 1 aliphatic heterocycles. The molecule has 0 aromatic carbocycles. The van der Waals surface area contributed by atoms with Gasteiger partial charge in [0.05, 0.1) is 12.2 Å². The van der Waals surface area contributed by atoms with Crippen molar-refractivity contribution >= 4 is 5.91 Å². The number of aliphatic hydroxyl groups is 1. The Balaban J connectivity index is 1.79. The number of hydrogen-bond acceptors (Lipinski definition) is 4. The Labute approximate surface area is 140 Å². The summed E-state index contributed by atoms with van der Waals surface area (Å²) in [6.07, 6.45) is 8.58. The molecule has 5 heteroatoms. The molecule has 23 heavy (non-hydrogen) atoms. The fraction of sp³-hybridized carbons (Fsp3) is 0.833. The Kier molecular flexibility index (Phi) is 7.53. The molecular weight excluding hydrogens is 292 g/mol. The molecule has 132 valence electrons. The van der Waals surface area contributed by atoms with Gasteiger partial charge in [-0.1, -0.05) is 25.3 Å². The first-order valence-corrected chi connectivity index (χ1v) is 9.03. The third-order valence-corrected chi connectivity index (χ3v) is 4.96. The maximum absolute atomic E-state index is 12.4. The third kappa shape index (κ3) is 5.90. The van der Waals surface area contributed by atoms with E-state index >= 15 is 0 Å². The zero-order valence-corrected chi connectivity index (χ0v) is 14.4. The minimum atomic E-state index is -0.708. The number of ether oxygens (including phenoxy) is 1. The van der Waals surface area contributed by atoms with Gasteiger partial charge in [0.25, 0.3) is 5.91 Å². The average Bonchev–Trinajstić information content (AvgIpc) is 2.55. The molecule has 0 bridgehead atoms. The van der Waals surface area contributed by atoms with Crippen LogP contribution in [0.3, 0.4) is 0 Å². The topological polar surface area (TPSA) is 61.8 Å². The summed E-state index contributed by atoms with van der Waals surface area (Å²) in [5, 5.41) is 13.2. The molecular formula is C18H32N2O3. The summed E-state index contributed by atoms with van der Waals surface area (Å²) in [4.78, 5) is 14.6. The predicted molar refractivity (Wildman–Crippen MR) is 91.2 cm³/mol. The van der Waals surface area contributed by atoms with Gasteiger partial charge < -0.3 is 20.1 Å². The predicted octanol–water partition coefficient (Wildman–Crippen LogP) is 1.85. The van der Waals surface area contributed by atoms with E-state index in [9.17, 15) is 9.90 Å². The summed E-state index contributed by atoms with van der Waals surface area (Å²) in [6.45, 7) is 5.49. The molecule has 0 spiro atoms. The van der Waals surface area contributed by atoms with E-state index in [2.05, 4.69) is 16.8 Å². The molecule has 1 saturated carbocycles. The first-order valence-electron chi connectivity index (χ1n) is 9.03. The van der Waals surface area contributed by atoms with Crippen LogP contribution in [0.25, 0.3) is 0 Å². The molecule has 3 atom stereocenters. The van der Waals surface area contributed by atoms with E-state index in [-0.39, 0.29) is 18.1 Å². The van der Waals surface area contributed by atoms with Gasteiger partial charge in [-0.3, -0.25) is 4.79 Å². The van der Waals surface area contributed by atoms with E-state index in [1.165, 1.54) is 19.3 Å². The Morgan fingerprint density at radius 2 is 2.04 bits per heavy atom. The third-order valence-electron chi connectivity index (χ3n) is 4.96. The highest BCUT2D eigenvalue weighted by atomic mass is 16.5. The Bertz CT molecular complexity index is 382. The zero-order valence-electron chi connectivity index (χ0n) is 14.4. The number of carbonyl (C=O) groups excluding carboxylic acids is 1. The summed E-state index contributed by atoms with van der Waals surface area (Å²) < 4.78 is 5.92. The minimum absolute atomic E-state index is 0.0489. The first kappa shape index (κ1) is 18.4. The number of hydrogen-bond donors (Lipinski definition) is 2. The van der Waals surface area contributed by atoms with Gasteiger partial charge in [0.2, 0.25) is 0 Å². The largest absolute Gasteiger partial charge is 0.390 e. The summed E-state index contributed by atoms with van der Waals surface area (Å²) in [6, 6.07) is 0.256. The normalized spacial score (nSPS) is 29.4. The molecule has 2 aliphatic rings. The van der Waals surface area contributed by atoms with E-state index < -0.39 is 12.2 Å². The van der Waals surface area contributed by atoms with Gasteiger partial charge in [-0.25, -0.2) is 0 Å². The monoisotopic (exact) mass is 324 g/mol. The number of nitrogens with zero attached hydrogens (tertiary/aromatic N) is 1. The summed E-state index contributed by atoms with van der Waals surface area (Å²) in [7, 11) is 2.05. The van der Waals surface area contributed by atoms with E-state index in [1.807, 2.05) is 13.1 Å². The number of aliphatic hydroxyl groups excluding tert-OH is 1. The second kappa shape index (κ2) is 9.40. The van der Waals surface area contributed by atoms with Crippen molar-refractivity contribution in [2.75, 3.05) is 20.1 Å². The van der Waals surface area contributed by atoms with Crippen molar-refractivity contribution in [3.63, 3.8) is 0 Å². The quantitative estimate of drug-likeness (QED) is 0.702. The average molecular weight is 324 g/mol. The van der Waals surface area contributed by atoms with Crippen LogP contribution in [0.1, 0.15) is 51.4 Å². The Morgan fingerprint density at radius 3 is 2.74 bits per heavy atom. The Morgan fingerprint density at radius 1 is 1.30 bits per heavy atom. The van der Waals surface area contributed by atoms with E-state index in [0.717, 1.165) is 38.8 Å². The molecule has 0 radical (unpaired) electrons. The van der Waals surface area contributed by atoms with E-state index in [4.69, 9.17) is 4.74 Å². The van der Waals surface area contributed by atoms with Gasteiger partial charge in [-0.05, 0) is 39.2 Å². The molecule has 2 fully saturated rings. The van der Waals surface area contributed by atoms with Gasteiger partial charge in [-0.2, -0.15) is 0 Å². The highest BCUT2D eigenvalue weighted by molar-refractivity contribution is 5.81. The molecule has 0 aromatic rings. The van der Waals surface area contributed by atoms with Crippen LogP contribution in [-0.4, -0.2) is 60.4 Å². The lowest BCUT2D eigenvalue weighted by Gasteiger charge is -2.35. The molecule has 1 saturated heterocycles. The minimum Gasteiger partial charge on any atom is -0.390 e. The van der Waals surface area contributed by atoms with Gasteiger partial charge in [-0.15, -0.1) is 6.58 Å². The maximum atomic E-state index is 12.4. The smallest absolute Gasteiger partial charge is 0.252 e. The van der Waals surface area contributed by atoms with Crippen molar-refractivity contribution in [1.82, 2.24) is 10.2 Å². The summed E-state index contributed by atoms with van der Waals surface area (Å²) in [5.41, 5.74) is 0. The molecule has 2 N–H and O–H groups in total. The molecule has 0 aromatic heterocycles. The van der Waals surface area contributed by atoms with Crippen molar-refractivity contribution in [2.24, 2.45) is 0 Å². The second-order valence-electron chi connectivity index (χ2n) is 7.01. The highest BCUT2D eigenvalue weighted by Crippen LogP contribution is 2.23. The lowest BCUT2D eigenvalue weighted by molar-refractivity contribution is -0.159. The van der Waals surface area contributed by atoms with E-state index in [1.54, 1.807) is 0 Å². The van der Waals surface area contributed by atoms with Crippen molar-refractivity contribution in [2.45, 2.75) is 75.7 Å². The number of carbonyl (C=O) groups is 1. The second-order valence-corrected chi connectivity index (χ2v) is 7.01. The lowest BCUT2D eigenvalue weighted by Crippen LogP contribution is -2.51. The van der Waals surface area contributed by atoms with Crippen LogP contribution in [-0.2, 0) is 9.53 Å². The van der Waals surface area contributed by atoms with E-state index in [0.29, 0.717) is 6.42 Å². The van der Waals surface area contributed by atoms with Crippen LogP contribution in [0, 0.1) is 0 Å². The number of likely N-dealkylation sites (N-methyl/N-ethyl adjacent to an activating group) is 1. The van der Waals surface area contributed by atoms with Crippen LogP contribution in [0.15, 0.2) is 12.7 Å². The van der Waals surface area contributed by atoms with Gasteiger partial charge >= 0.3 is 0 Å². The molecule has 5 nitrogen and oxygen atoms in total. The van der Waals surface area contributed by atoms with Crippen LogP contribution in [0.4, 0.5) is 0 Å². The number of rotatable bonds is 7. The fourth-order valence-corrected chi connectivity index (χ4v) is 3.53. The van der Waals surface area contributed by atoms with Crippen LogP contribution < -0.4 is 5.32 Å². The van der Waals surface area contributed by atoms with Crippen molar-refractivity contribution in [3.05, 3.63) is 12.7 Å². The lowest BCUT2D eigenvalue weighted by atomic mass is 9.94. The molecule has 3 unspecified atom stereocenters. The SMILES string of the molecule is C=CCN(C)CCC1CCC(O)C(C(=O)NC2CCCCC2)O1. The van der Waals surface area contributed by atoms with Crippen LogP contribution >= 0.6 is 0 Å². The van der Waals surface area contributed by atoms with Crippen molar-refractivity contribution in [1.29, 1.82) is 0 Å². The molecule has 1 aliphatic carbocycles. The van der Waals surface area contributed by atoms with Crippen LogP contribution in [0.5, 0.6) is 0 Å². The fourth-order valence-electron chi connectivity index (χ4n) is 3.53. The summed E-state index contributed by atoms with van der Waals surface area (Å²) >= 11 is 0. The van der Waals surface area contributed by atoms with Gasteiger partial charge in [0, 0.05) is 19.1 Å². The Hall–Kier alpha value is -0.910. The zero-order chi connectivity index (χ0) is 16.7. The first-order chi connectivity index (χ1) is 11.1. The standard InChI is InChI=1S/C18H32N2O3/c1-3-12-20(2)13-11-15-9-10-16(21)17(23-15)18(22)19-14-7-5-4-6-8-14/h3,14-17,21H,1,4-13H2,2H3,(H,19,22). The molecule has 1 amide bonds. The van der Waals surface area contributed by atoms with Gasteiger partial charge in [0.15, 0.2) is 6.10 Å². The van der Waals surface area contributed by atoms with Crippen LogP contribution in [0.2, 0.25) is 0 Å². The van der Waals surface area contributed by atoms with Gasteiger partial charge in [0.1, 0.15) is 0 Å². The summed E-state index contributed by atoms with van der Waals surface area (Å²) in [5.74, 6) is -0.131. The van der Waals surface area contributed by atoms with Crippen molar-refractivity contribution < 1.29 is 14.6 Å². The van der Waals surface area contributed by atoms with Crippen molar-refractivity contribution in [3.8, 4) is 0 Å². The molecule has 1 heterocycles. The maximum Gasteiger partial charge on any atom is 0.252 e. The number of nitrogens with one attached hydrogen (secondary N) is 1. The highest BCUT2D eigenvalue weighted by Gasteiger charge is 2.35. The molecule has 2 rings (SSSR count).